The molecule has 0 bridgehead atoms. The van der Waals surface area contributed by atoms with Crippen LogP contribution in [-0.4, -0.2) is 23.9 Å². The van der Waals surface area contributed by atoms with Gasteiger partial charge >= 0.3 is 0 Å². The predicted octanol–water partition coefficient (Wildman–Crippen LogP) is 5.37. The molecule has 0 N–H and O–H groups in total. The standard InChI is InChI=1S/C20H25ClN2O/c1-3-5-13-23(14-6-4-2)16-10-11-17(18(21)15-16)20(24)19-9-7-8-12-22-19/h7-12,15H,3-6,13-14H2,1-2H3. The third kappa shape index (κ3) is 4.81. The van der Waals surface area contributed by atoms with Crippen LogP contribution >= 0.6 is 11.6 Å². The van der Waals surface area contributed by atoms with Crippen molar-refractivity contribution in [2.45, 2.75) is 39.5 Å². The quantitative estimate of drug-likeness (QED) is 0.573. The molecule has 3 nitrogen and oxygen atoms in total. The number of aromatic nitrogens is 1. The van der Waals surface area contributed by atoms with E-state index in [1.165, 1.54) is 0 Å². The van der Waals surface area contributed by atoms with Crippen LogP contribution in [0.2, 0.25) is 5.02 Å². The zero-order valence-corrected chi connectivity index (χ0v) is 15.2. The molecule has 1 aromatic heterocycles. The zero-order chi connectivity index (χ0) is 17.4. The van der Waals surface area contributed by atoms with Crippen LogP contribution in [0.1, 0.15) is 55.6 Å². The second-order valence-corrected chi connectivity index (χ2v) is 6.31. The number of nitrogens with zero attached hydrogens (tertiary/aromatic N) is 2. The van der Waals surface area contributed by atoms with Crippen LogP contribution in [-0.2, 0) is 0 Å². The summed E-state index contributed by atoms with van der Waals surface area (Å²) in [4.78, 5) is 19.0. The number of carbonyl (C=O) groups excluding carboxylic acids is 1. The highest BCUT2D eigenvalue weighted by molar-refractivity contribution is 6.35. The molecule has 0 aliphatic heterocycles. The Bertz CT molecular complexity index is 650. The maximum Gasteiger partial charge on any atom is 0.212 e. The lowest BCUT2D eigenvalue weighted by molar-refractivity contribution is 0.103. The van der Waals surface area contributed by atoms with Gasteiger partial charge in [-0.2, -0.15) is 0 Å². The average Bonchev–Trinajstić information content (AvgIpc) is 2.62. The molecule has 0 fully saturated rings. The first-order chi connectivity index (χ1) is 11.7. The lowest BCUT2D eigenvalue weighted by Gasteiger charge is -2.25. The van der Waals surface area contributed by atoms with Crippen LogP contribution in [0.15, 0.2) is 42.6 Å². The van der Waals surface area contributed by atoms with Gasteiger partial charge in [0.25, 0.3) is 0 Å². The van der Waals surface area contributed by atoms with Gasteiger partial charge in [0.2, 0.25) is 5.78 Å². The molecule has 24 heavy (non-hydrogen) atoms. The molecule has 0 saturated carbocycles. The summed E-state index contributed by atoms with van der Waals surface area (Å²) < 4.78 is 0. The molecule has 128 valence electrons. The van der Waals surface area contributed by atoms with Crippen molar-refractivity contribution in [3.05, 3.63) is 58.9 Å². The molecule has 0 saturated heterocycles. The molecule has 0 radical (unpaired) electrons. The van der Waals surface area contributed by atoms with Gasteiger partial charge in [0.05, 0.1) is 5.02 Å². The van der Waals surface area contributed by atoms with Crippen molar-refractivity contribution in [2.75, 3.05) is 18.0 Å². The summed E-state index contributed by atoms with van der Waals surface area (Å²) in [5.41, 5.74) is 2.01. The minimum absolute atomic E-state index is 0.138. The Morgan fingerprint density at radius 1 is 1.08 bits per heavy atom. The van der Waals surface area contributed by atoms with Gasteiger partial charge in [-0.15, -0.1) is 0 Å². The summed E-state index contributed by atoms with van der Waals surface area (Å²) in [6.45, 7) is 6.42. The predicted molar refractivity (Wildman–Crippen MR) is 101 cm³/mol. The second kappa shape index (κ2) is 9.43. The summed E-state index contributed by atoms with van der Waals surface area (Å²) >= 11 is 6.41. The summed E-state index contributed by atoms with van der Waals surface area (Å²) in [6.07, 6.45) is 6.23. The van der Waals surface area contributed by atoms with E-state index >= 15 is 0 Å². The SMILES string of the molecule is CCCCN(CCCC)c1ccc(C(=O)c2ccccn2)c(Cl)c1. The fourth-order valence-corrected chi connectivity index (χ4v) is 2.85. The van der Waals surface area contributed by atoms with E-state index in [0.717, 1.165) is 44.5 Å². The average molecular weight is 345 g/mol. The van der Waals surface area contributed by atoms with Crippen LogP contribution in [0.25, 0.3) is 0 Å². The minimum Gasteiger partial charge on any atom is -0.371 e. The molecule has 0 atom stereocenters. The van der Waals surface area contributed by atoms with Crippen molar-refractivity contribution in [3.8, 4) is 0 Å². The third-order valence-electron chi connectivity index (χ3n) is 4.02. The van der Waals surface area contributed by atoms with Gasteiger partial charge in [-0.05, 0) is 43.2 Å². The Kier molecular flexibility index (Phi) is 7.26. The van der Waals surface area contributed by atoms with Gasteiger partial charge in [0, 0.05) is 30.5 Å². The topological polar surface area (TPSA) is 33.2 Å². The molecule has 0 aliphatic carbocycles. The first kappa shape index (κ1) is 18.5. The molecule has 0 spiro atoms. The lowest BCUT2D eigenvalue weighted by atomic mass is 10.1. The zero-order valence-electron chi connectivity index (χ0n) is 14.5. The summed E-state index contributed by atoms with van der Waals surface area (Å²) in [7, 11) is 0. The molecule has 4 heteroatoms. The monoisotopic (exact) mass is 344 g/mol. The van der Waals surface area contributed by atoms with Crippen molar-refractivity contribution < 1.29 is 4.79 Å². The van der Waals surface area contributed by atoms with Crippen LogP contribution in [0.4, 0.5) is 5.69 Å². The maximum atomic E-state index is 12.5. The second-order valence-electron chi connectivity index (χ2n) is 5.90. The largest absolute Gasteiger partial charge is 0.371 e. The Morgan fingerprint density at radius 2 is 1.79 bits per heavy atom. The first-order valence-corrected chi connectivity index (χ1v) is 9.05. The van der Waals surface area contributed by atoms with Crippen molar-refractivity contribution in [3.63, 3.8) is 0 Å². The molecule has 1 aromatic carbocycles. The van der Waals surface area contributed by atoms with Gasteiger partial charge in [0.1, 0.15) is 5.69 Å². The highest BCUT2D eigenvalue weighted by Crippen LogP contribution is 2.26. The highest BCUT2D eigenvalue weighted by atomic mass is 35.5. The molecule has 2 rings (SSSR count). The number of unbranched alkanes of at least 4 members (excludes halogenated alkanes) is 2. The normalized spacial score (nSPS) is 10.6. The van der Waals surface area contributed by atoms with Gasteiger partial charge in [-0.25, -0.2) is 0 Å². The number of halogens is 1. The Morgan fingerprint density at radius 3 is 2.33 bits per heavy atom. The van der Waals surface area contributed by atoms with E-state index in [4.69, 9.17) is 11.6 Å². The Labute approximate surface area is 149 Å². The molecule has 0 aliphatic rings. The number of hydrogen-bond acceptors (Lipinski definition) is 3. The summed E-state index contributed by atoms with van der Waals surface area (Å²) in [6, 6.07) is 11.0. The van der Waals surface area contributed by atoms with Crippen molar-refractivity contribution in [2.24, 2.45) is 0 Å². The summed E-state index contributed by atoms with van der Waals surface area (Å²) in [5.74, 6) is -0.138. The number of hydrogen-bond donors (Lipinski definition) is 0. The van der Waals surface area contributed by atoms with E-state index in [-0.39, 0.29) is 5.78 Å². The van der Waals surface area contributed by atoms with Gasteiger partial charge in [-0.3, -0.25) is 9.78 Å². The van der Waals surface area contributed by atoms with E-state index < -0.39 is 0 Å². The van der Waals surface area contributed by atoms with Crippen molar-refractivity contribution in [1.29, 1.82) is 0 Å². The molecule has 0 amide bonds. The van der Waals surface area contributed by atoms with Crippen molar-refractivity contribution >= 4 is 23.1 Å². The van der Waals surface area contributed by atoms with E-state index in [1.54, 1.807) is 24.4 Å². The fraction of sp³-hybridized carbons (Fsp3) is 0.400. The molecule has 1 heterocycles. The number of rotatable bonds is 9. The third-order valence-corrected chi connectivity index (χ3v) is 4.34. The van der Waals surface area contributed by atoms with Crippen LogP contribution in [0.3, 0.4) is 0 Å². The number of ketones is 1. The van der Waals surface area contributed by atoms with Crippen LogP contribution in [0.5, 0.6) is 0 Å². The smallest absolute Gasteiger partial charge is 0.212 e. The fourth-order valence-electron chi connectivity index (χ4n) is 2.59. The molecular weight excluding hydrogens is 320 g/mol. The Hall–Kier alpha value is -1.87. The summed E-state index contributed by atoms with van der Waals surface area (Å²) in [5, 5.41) is 0.487. The van der Waals surface area contributed by atoms with Crippen LogP contribution < -0.4 is 4.90 Å². The van der Waals surface area contributed by atoms with E-state index in [0.29, 0.717) is 16.3 Å². The molecular formula is C20H25ClN2O. The molecule has 0 unspecified atom stereocenters. The van der Waals surface area contributed by atoms with Gasteiger partial charge < -0.3 is 4.90 Å². The van der Waals surface area contributed by atoms with E-state index in [2.05, 4.69) is 23.7 Å². The van der Waals surface area contributed by atoms with Gasteiger partial charge in [0.15, 0.2) is 0 Å². The number of benzene rings is 1. The first-order valence-electron chi connectivity index (χ1n) is 8.67. The van der Waals surface area contributed by atoms with Gasteiger partial charge in [-0.1, -0.05) is 44.4 Å². The maximum absolute atomic E-state index is 12.5. The van der Waals surface area contributed by atoms with E-state index in [9.17, 15) is 4.79 Å². The number of carbonyl (C=O) groups is 1. The van der Waals surface area contributed by atoms with Crippen LogP contribution in [0, 0.1) is 0 Å². The Balaban J connectivity index is 2.22. The van der Waals surface area contributed by atoms with Crippen molar-refractivity contribution in [1.82, 2.24) is 4.98 Å². The highest BCUT2D eigenvalue weighted by Gasteiger charge is 2.15. The molecule has 2 aromatic rings. The lowest BCUT2D eigenvalue weighted by Crippen LogP contribution is -2.25. The number of anilines is 1. The number of pyridine rings is 1. The minimum atomic E-state index is -0.138. The van der Waals surface area contributed by atoms with E-state index in [1.807, 2.05) is 18.2 Å².